The van der Waals surface area contributed by atoms with E-state index in [2.05, 4.69) is 53.4 Å². The van der Waals surface area contributed by atoms with Crippen molar-refractivity contribution in [3.05, 3.63) is 84.4 Å². The SMILES string of the molecule is C=CCC[C@@H](OCc1ccccc1)[C@H]1CC[C@@H]([C@H](I)CC[C@H]2OC(O)CC[C@@H]2OCc2ccccc2)O1. The second-order valence-corrected chi connectivity index (χ2v) is 11.7. The van der Waals surface area contributed by atoms with Gasteiger partial charge in [-0.25, -0.2) is 0 Å². The van der Waals surface area contributed by atoms with E-state index in [4.69, 9.17) is 18.9 Å². The number of ether oxygens (including phenoxy) is 4. The van der Waals surface area contributed by atoms with Crippen LogP contribution in [0.3, 0.4) is 0 Å². The quantitative estimate of drug-likeness (QED) is 0.144. The molecule has 2 aromatic carbocycles. The van der Waals surface area contributed by atoms with Gasteiger partial charge in [0, 0.05) is 10.3 Å². The van der Waals surface area contributed by atoms with Crippen LogP contribution in [0.1, 0.15) is 62.5 Å². The highest BCUT2D eigenvalue weighted by Crippen LogP contribution is 2.34. The number of hydrogen-bond acceptors (Lipinski definition) is 5. The molecule has 202 valence electrons. The zero-order valence-corrected chi connectivity index (χ0v) is 23.8. The van der Waals surface area contributed by atoms with Gasteiger partial charge in [0.05, 0.1) is 43.7 Å². The van der Waals surface area contributed by atoms with Gasteiger partial charge in [-0.15, -0.1) is 6.58 Å². The Morgan fingerprint density at radius 2 is 1.57 bits per heavy atom. The molecule has 0 bridgehead atoms. The monoisotopic (exact) mass is 620 g/mol. The predicted molar refractivity (Wildman–Crippen MR) is 155 cm³/mol. The maximum Gasteiger partial charge on any atom is 0.155 e. The first-order valence-electron chi connectivity index (χ1n) is 13.7. The lowest BCUT2D eigenvalue weighted by Crippen LogP contribution is -2.41. The maximum absolute atomic E-state index is 10.1. The van der Waals surface area contributed by atoms with Crippen molar-refractivity contribution in [1.29, 1.82) is 0 Å². The van der Waals surface area contributed by atoms with E-state index < -0.39 is 6.29 Å². The number of aliphatic hydroxyl groups is 1. The molecule has 4 rings (SSSR count). The van der Waals surface area contributed by atoms with Gasteiger partial charge in [0.1, 0.15) is 0 Å². The molecule has 37 heavy (non-hydrogen) atoms. The first-order valence-corrected chi connectivity index (χ1v) is 14.9. The average Bonchev–Trinajstić information content (AvgIpc) is 3.43. The third-order valence-corrected chi connectivity index (χ3v) is 8.77. The van der Waals surface area contributed by atoms with Gasteiger partial charge < -0.3 is 24.1 Å². The van der Waals surface area contributed by atoms with Gasteiger partial charge in [0.25, 0.3) is 0 Å². The van der Waals surface area contributed by atoms with Crippen LogP contribution in [-0.4, -0.2) is 45.8 Å². The highest BCUT2D eigenvalue weighted by atomic mass is 127. The van der Waals surface area contributed by atoms with E-state index in [1.54, 1.807) is 0 Å². The summed E-state index contributed by atoms with van der Waals surface area (Å²) in [5.41, 5.74) is 2.34. The molecule has 2 aliphatic heterocycles. The minimum atomic E-state index is -0.700. The zero-order chi connectivity index (χ0) is 25.9. The largest absolute Gasteiger partial charge is 0.371 e. The lowest BCUT2D eigenvalue weighted by Gasteiger charge is -2.35. The van der Waals surface area contributed by atoms with E-state index in [0.717, 1.165) is 50.5 Å². The second kappa shape index (κ2) is 15.3. The summed E-state index contributed by atoms with van der Waals surface area (Å²) in [6, 6.07) is 20.6. The van der Waals surface area contributed by atoms with Crippen LogP contribution < -0.4 is 0 Å². The molecule has 0 saturated carbocycles. The molecule has 0 aromatic heterocycles. The summed E-state index contributed by atoms with van der Waals surface area (Å²) in [6.07, 6.45) is 8.68. The van der Waals surface area contributed by atoms with Crippen molar-refractivity contribution in [2.45, 2.75) is 105 Å². The fraction of sp³-hybridized carbons (Fsp3) is 0.548. The third kappa shape index (κ3) is 9.15. The molecular weight excluding hydrogens is 579 g/mol. The van der Waals surface area contributed by atoms with Crippen molar-refractivity contribution >= 4 is 22.6 Å². The first kappa shape index (κ1) is 28.7. The van der Waals surface area contributed by atoms with Crippen LogP contribution >= 0.6 is 22.6 Å². The standard InChI is InChI=1S/C31H41IO5/c1-2-3-14-27(34-21-23-10-6-4-7-11-23)29-18-17-26(36-29)25(32)15-16-30-28(19-20-31(33)37-30)35-22-24-12-8-5-9-13-24/h2,4-13,25-31,33H,1,3,14-22H2/t25-,26+,27-,28+,29-,30-,31?/m1/s1. The van der Waals surface area contributed by atoms with Crippen molar-refractivity contribution in [1.82, 2.24) is 0 Å². The first-order chi connectivity index (χ1) is 18.1. The lowest BCUT2D eigenvalue weighted by atomic mass is 9.98. The summed E-state index contributed by atoms with van der Waals surface area (Å²) in [6.45, 7) is 5.06. The molecule has 0 amide bonds. The van der Waals surface area contributed by atoms with E-state index in [9.17, 15) is 5.11 Å². The Morgan fingerprint density at radius 1 is 0.892 bits per heavy atom. The molecule has 2 saturated heterocycles. The summed E-state index contributed by atoms with van der Waals surface area (Å²) in [5.74, 6) is 0. The van der Waals surface area contributed by atoms with Gasteiger partial charge in [-0.05, 0) is 56.1 Å². The highest BCUT2D eigenvalue weighted by molar-refractivity contribution is 14.1. The topological polar surface area (TPSA) is 57.2 Å². The van der Waals surface area contributed by atoms with Crippen LogP contribution in [0.15, 0.2) is 73.3 Å². The van der Waals surface area contributed by atoms with Crippen LogP contribution in [0.4, 0.5) is 0 Å². The number of hydrogen-bond donors (Lipinski definition) is 1. The number of halogens is 1. The molecule has 2 fully saturated rings. The van der Waals surface area contributed by atoms with Crippen LogP contribution in [0.2, 0.25) is 0 Å². The number of allylic oxidation sites excluding steroid dienone is 1. The molecule has 0 spiro atoms. The minimum Gasteiger partial charge on any atom is -0.371 e. The van der Waals surface area contributed by atoms with E-state index in [1.807, 2.05) is 42.5 Å². The second-order valence-electron chi connectivity index (χ2n) is 10.1. The molecule has 2 aromatic rings. The van der Waals surface area contributed by atoms with Crippen LogP contribution in [0, 0.1) is 0 Å². The van der Waals surface area contributed by atoms with Gasteiger partial charge >= 0.3 is 0 Å². The van der Waals surface area contributed by atoms with Crippen molar-refractivity contribution in [2.75, 3.05) is 0 Å². The van der Waals surface area contributed by atoms with Gasteiger partial charge in [-0.3, -0.25) is 0 Å². The molecule has 2 aliphatic rings. The summed E-state index contributed by atoms with van der Waals surface area (Å²) in [7, 11) is 0. The van der Waals surface area contributed by atoms with E-state index in [1.165, 1.54) is 5.56 Å². The Labute approximate surface area is 235 Å². The van der Waals surface area contributed by atoms with Crippen molar-refractivity contribution in [2.24, 2.45) is 0 Å². The molecule has 1 unspecified atom stereocenters. The summed E-state index contributed by atoms with van der Waals surface area (Å²) in [4.78, 5) is 0. The minimum absolute atomic E-state index is 0.000814. The number of benzene rings is 2. The van der Waals surface area contributed by atoms with Gasteiger partial charge in [0.2, 0.25) is 0 Å². The Morgan fingerprint density at radius 3 is 2.27 bits per heavy atom. The molecule has 2 heterocycles. The van der Waals surface area contributed by atoms with Crippen LogP contribution in [0.25, 0.3) is 0 Å². The summed E-state index contributed by atoms with van der Waals surface area (Å²) >= 11 is 2.53. The van der Waals surface area contributed by atoms with E-state index in [-0.39, 0.29) is 30.5 Å². The molecule has 1 N–H and O–H groups in total. The number of rotatable bonds is 14. The van der Waals surface area contributed by atoms with Gasteiger partial charge in [-0.1, -0.05) is 89.3 Å². The Bertz CT molecular complexity index is 910. The lowest BCUT2D eigenvalue weighted by molar-refractivity contribution is -0.213. The average molecular weight is 621 g/mol. The van der Waals surface area contributed by atoms with Gasteiger partial charge in [0.15, 0.2) is 6.29 Å². The molecule has 5 nitrogen and oxygen atoms in total. The Kier molecular flexibility index (Phi) is 11.9. The fourth-order valence-electron chi connectivity index (χ4n) is 5.25. The summed E-state index contributed by atoms with van der Waals surface area (Å²) in [5, 5.41) is 10.1. The molecule has 7 atom stereocenters. The van der Waals surface area contributed by atoms with E-state index >= 15 is 0 Å². The molecule has 6 heteroatoms. The van der Waals surface area contributed by atoms with Crippen LogP contribution in [0.5, 0.6) is 0 Å². The van der Waals surface area contributed by atoms with E-state index in [0.29, 0.717) is 23.6 Å². The smallest absolute Gasteiger partial charge is 0.155 e. The fourth-order valence-corrected chi connectivity index (χ4v) is 6.14. The predicted octanol–water partition coefficient (Wildman–Crippen LogP) is 6.75. The van der Waals surface area contributed by atoms with Crippen molar-refractivity contribution < 1.29 is 24.1 Å². The molecule has 0 aliphatic carbocycles. The highest BCUT2D eigenvalue weighted by Gasteiger charge is 2.37. The Hall–Kier alpha value is -1.29. The van der Waals surface area contributed by atoms with Crippen molar-refractivity contribution in [3.8, 4) is 0 Å². The Balaban J connectivity index is 1.26. The van der Waals surface area contributed by atoms with Crippen LogP contribution in [-0.2, 0) is 32.2 Å². The number of aliphatic hydroxyl groups excluding tert-OH is 1. The van der Waals surface area contributed by atoms with Gasteiger partial charge in [-0.2, -0.15) is 0 Å². The molecule has 0 radical (unpaired) electrons. The summed E-state index contributed by atoms with van der Waals surface area (Å²) < 4.78 is 25.5. The molecular formula is C31H41IO5. The normalized spacial score (nSPS) is 27.6. The number of alkyl halides is 1. The maximum atomic E-state index is 10.1. The van der Waals surface area contributed by atoms with Crippen molar-refractivity contribution in [3.63, 3.8) is 0 Å². The zero-order valence-electron chi connectivity index (χ0n) is 21.6. The third-order valence-electron chi connectivity index (χ3n) is 7.34.